The summed E-state index contributed by atoms with van der Waals surface area (Å²) in [5.74, 6) is -1.24. The Hall–Kier alpha value is -2.28. The molecule has 0 spiro atoms. The maximum absolute atomic E-state index is 12.0. The first-order valence-corrected chi connectivity index (χ1v) is 6.11. The van der Waals surface area contributed by atoms with Crippen molar-refractivity contribution in [1.29, 1.82) is 0 Å². The van der Waals surface area contributed by atoms with Gasteiger partial charge >= 0.3 is 5.91 Å². The standard InChI is InChI=1S/C13H15N3O4/c1-13(2,3)15-12(18)11(17)10(14-15)8-5-4-6-9(7-8)16(19)20/h4-7,10,14H,1-3H3. The van der Waals surface area contributed by atoms with Gasteiger partial charge < -0.3 is 0 Å². The van der Waals surface area contributed by atoms with E-state index in [1.54, 1.807) is 26.8 Å². The maximum atomic E-state index is 12.0. The predicted molar refractivity (Wildman–Crippen MR) is 70.6 cm³/mol. The Bertz CT molecular complexity index is 592. The summed E-state index contributed by atoms with van der Waals surface area (Å²) in [5, 5.41) is 12.0. The van der Waals surface area contributed by atoms with Crippen LogP contribution in [0.1, 0.15) is 32.4 Å². The van der Waals surface area contributed by atoms with E-state index in [4.69, 9.17) is 0 Å². The number of carbonyl (C=O) groups is 2. The first-order valence-electron chi connectivity index (χ1n) is 6.11. The molecule has 1 unspecified atom stereocenters. The number of nitro groups is 1. The molecule has 2 rings (SSSR count). The Morgan fingerprint density at radius 2 is 1.95 bits per heavy atom. The van der Waals surface area contributed by atoms with Crippen molar-refractivity contribution in [2.24, 2.45) is 0 Å². The molecule has 0 aliphatic carbocycles. The number of non-ortho nitro benzene ring substituents is 1. The van der Waals surface area contributed by atoms with Gasteiger partial charge in [0.2, 0.25) is 5.78 Å². The van der Waals surface area contributed by atoms with Gasteiger partial charge in [0.15, 0.2) is 0 Å². The van der Waals surface area contributed by atoms with E-state index in [0.717, 1.165) is 0 Å². The fourth-order valence-corrected chi connectivity index (χ4v) is 2.02. The smallest absolute Gasteiger partial charge is 0.286 e. The minimum absolute atomic E-state index is 0.112. The molecule has 106 valence electrons. The highest BCUT2D eigenvalue weighted by molar-refractivity contribution is 6.39. The minimum atomic E-state index is -0.873. The number of rotatable bonds is 2. The number of amides is 1. The number of ketones is 1. The van der Waals surface area contributed by atoms with Crippen LogP contribution in [0, 0.1) is 10.1 Å². The molecule has 1 atom stereocenters. The molecule has 7 heteroatoms. The largest absolute Gasteiger partial charge is 0.306 e. The fraction of sp³-hybridized carbons (Fsp3) is 0.385. The third-order valence-electron chi connectivity index (χ3n) is 3.02. The van der Waals surface area contributed by atoms with Crippen LogP contribution < -0.4 is 5.43 Å². The summed E-state index contributed by atoms with van der Waals surface area (Å²) in [6, 6.07) is 4.84. The van der Waals surface area contributed by atoms with Gasteiger partial charge in [0.05, 0.1) is 10.5 Å². The van der Waals surface area contributed by atoms with Gasteiger partial charge in [-0.1, -0.05) is 12.1 Å². The van der Waals surface area contributed by atoms with Gasteiger partial charge in [-0.2, -0.15) is 0 Å². The van der Waals surface area contributed by atoms with Crippen molar-refractivity contribution in [2.45, 2.75) is 32.4 Å². The van der Waals surface area contributed by atoms with Gasteiger partial charge in [-0.3, -0.25) is 24.7 Å². The number of Topliss-reactive ketones (excluding diaryl/α,β-unsaturated/α-hetero) is 1. The molecular formula is C13H15N3O4. The molecule has 7 nitrogen and oxygen atoms in total. The lowest BCUT2D eigenvalue weighted by molar-refractivity contribution is -0.384. The normalized spacial score (nSPS) is 19.6. The van der Waals surface area contributed by atoms with Gasteiger partial charge in [0, 0.05) is 12.1 Å². The van der Waals surface area contributed by atoms with Crippen LogP contribution in [0.4, 0.5) is 5.69 Å². The zero-order valence-corrected chi connectivity index (χ0v) is 11.4. The highest BCUT2D eigenvalue weighted by Gasteiger charge is 2.44. The van der Waals surface area contributed by atoms with Gasteiger partial charge in [0.25, 0.3) is 5.69 Å². The van der Waals surface area contributed by atoms with Gasteiger partial charge in [0.1, 0.15) is 6.04 Å². The highest BCUT2D eigenvalue weighted by Crippen LogP contribution is 2.27. The van der Waals surface area contributed by atoms with Crippen LogP contribution in [0.15, 0.2) is 24.3 Å². The van der Waals surface area contributed by atoms with Crippen molar-refractivity contribution in [3.63, 3.8) is 0 Å². The second kappa shape index (κ2) is 4.68. The lowest BCUT2D eigenvalue weighted by atomic mass is 10.0. The monoisotopic (exact) mass is 277 g/mol. The van der Waals surface area contributed by atoms with Crippen molar-refractivity contribution < 1.29 is 14.5 Å². The van der Waals surface area contributed by atoms with E-state index >= 15 is 0 Å². The van der Waals surface area contributed by atoms with Crippen LogP contribution in [0.3, 0.4) is 0 Å². The molecule has 1 aliphatic rings. The zero-order chi connectivity index (χ0) is 15.1. The number of carbonyl (C=O) groups excluding carboxylic acids is 2. The molecule has 0 aromatic heterocycles. The van der Waals surface area contributed by atoms with E-state index in [9.17, 15) is 19.7 Å². The number of hydrogen-bond donors (Lipinski definition) is 1. The van der Waals surface area contributed by atoms with E-state index in [2.05, 4.69) is 5.43 Å². The number of hydrogen-bond acceptors (Lipinski definition) is 5. The SMILES string of the molecule is CC(C)(C)N1NC(c2cccc([N+](=O)[O-])c2)C(=O)C1=O. The quantitative estimate of drug-likeness (QED) is 0.500. The molecule has 1 saturated heterocycles. The number of hydrazine groups is 1. The zero-order valence-electron chi connectivity index (χ0n) is 11.4. The minimum Gasteiger partial charge on any atom is -0.286 e. The average molecular weight is 277 g/mol. The molecule has 20 heavy (non-hydrogen) atoms. The van der Waals surface area contributed by atoms with Crippen molar-refractivity contribution in [1.82, 2.24) is 10.4 Å². The Morgan fingerprint density at radius 1 is 1.30 bits per heavy atom. The van der Waals surface area contributed by atoms with Crippen LogP contribution in [0.2, 0.25) is 0 Å². The second-order valence-corrected chi connectivity index (χ2v) is 5.59. The lowest BCUT2D eigenvalue weighted by Gasteiger charge is -2.31. The summed E-state index contributed by atoms with van der Waals surface area (Å²) in [7, 11) is 0. The van der Waals surface area contributed by atoms with Crippen LogP contribution in [0.25, 0.3) is 0 Å². The number of nitrogens with zero attached hydrogens (tertiary/aromatic N) is 2. The van der Waals surface area contributed by atoms with Crippen LogP contribution in [0.5, 0.6) is 0 Å². The molecule has 1 amide bonds. The molecule has 0 radical (unpaired) electrons. The molecule has 1 aliphatic heterocycles. The first kappa shape index (κ1) is 14.1. The Kier molecular flexibility index (Phi) is 3.31. The summed E-state index contributed by atoms with van der Waals surface area (Å²) < 4.78 is 0. The fourth-order valence-electron chi connectivity index (χ4n) is 2.02. The maximum Gasteiger partial charge on any atom is 0.306 e. The third kappa shape index (κ3) is 2.39. The summed E-state index contributed by atoms with van der Waals surface area (Å²) >= 11 is 0. The number of nitrogens with one attached hydrogen (secondary N) is 1. The summed E-state index contributed by atoms with van der Waals surface area (Å²) in [4.78, 5) is 34.2. The van der Waals surface area contributed by atoms with E-state index in [-0.39, 0.29) is 5.69 Å². The number of nitro benzene ring substituents is 1. The lowest BCUT2D eigenvalue weighted by Crippen LogP contribution is -2.49. The van der Waals surface area contributed by atoms with Crippen molar-refractivity contribution in [3.8, 4) is 0 Å². The van der Waals surface area contributed by atoms with E-state index < -0.39 is 28.2 Å². The average Bonchev–Trinajstić information content (AvgIpc) is 2.66. The van der Waals surface area contributed by atoms with Crippen molar-refractivity contribution in [2.75, 3.05) is 0 Å². The van der Waals surface area contributed by atoms with Crippen LogP contribution in [-0.2, 0) is 9.59 Å². The molecule has 1 aromatic rings. The molecule has 1 aromatic carbocycles. The summed E-state index contributed by atoms with van der Waals surface area (Å²) in [6.45, 7) is 5.38. The molecule has 1 N–H and O–H groups in total. The first-order chi connectivity index (χ1) is 9.21. The highest BCUT2D eigenvalue weighted by atomic mass is 16.6. The van der Waals surface area contributed by atoms with Gasteiger partial charge in [-0.25, -0.2) is 5.43 Å². The van der Waals surface area contributed by atoms with E-state index in [1.807, 2.05) is 0 Å². The molecular weight excluding hydrogens is 262 g/mol. The van der Waals surface area contributed by atoms with Crippen molar-refractivity contribution >= 4 is 17.4 Å². The van der Waals surface area contributed by atoms with Crippen LogP contribution in [-0.4, -0.2) is 27.2 Å². The predicted octanol–water partition coefficient (Wildman–Crippen LogP) is 1.35. The Labute approximate surface area is 115 Å². The molecule has 1 heterocycles. The van der Waals surface area contributed by atoms with Gasteiger partial charge in [-0.05, 0) is 26.3 Å². The second-order valence-electron chi connectivity index (χ2n) is 5.59. The summed E-state index contributed by atoms with van der Waals surface area (Å²) in [5.41, 5.74) is 2.57. The Balaban J connectivity index is 2.35. The molecule has 0 saturated carbocycles. The van der Waals surface area contributed by atoms with E-state index in [1.165, 1.54) is 23.2 Å². The summed E-state index contributed by atoms with van der Waals surface area (Å²) in [6.07, 6.45) is 0. The molecule has 0 bridgehead atoms. The third-order valence-corrected chi connectivity index (χ3v) is 3.02. The Morgan fingerprint density at radius 3 is 2.45 bits per heavy atom. The number of benzene rings is 1. The van der Waals surface area contributed by atoms with Gasteiger partial charge in [-0.15, -0.1) is 0 Å². The van der Waals surface area contributed by atoms with E-state index in [0.29, 0.717) is 5.56 Å². The topological polar surface area (TPSA) is 92.5 Å². The molecule has 1 fully saturated rings. The van der Waals surface area contributed by atoms with Crippen molar-refractivity contribution in [3.05, 3.63) is 39.9 Å². The van der Waals surface area contributed by atoms with Crippen LogP contribution >= 0.6 is 0 Å².